The van der Waals surface area contributed by atoms with E-state index in [0.717, 1.165) is 47.1 Å². The molecule has 0 radical (unpaired) electrons. The van der Waals surface area contributed by atoms with E-state index in [9.17, 15) is 0 Å². The van der Waals surface area contributed by atoms with Gasteiger partial charge < -0.3 is 4.90 Å². The Morgan fingerprint density at radius 1 is 0.630 bits per heavy atom. The molecule has 138 valence electrons. The van der Waals surface area contributed by atoms with Crippen LogP contribution in [0.3, 0.4) is 0 Å². The first-order valence-electron chi connectivity index (χ1n) is 9.89. The van der Waals surface area contributed by atoms with Crippen LogP contribution in [0.5, 0.6) is 0 Å². The molecule has 1 saturated heterocycles. The molecule has 0 spiro atoms. The lowest BCUT2D eigenvalue weighted by atomic mass is 10.0. The highest BCUT2D eigenvalue weighted by molar-refractivity contribution is 5.79. The first kappa shape index (κ1) is 17.7. The van der Waals surface area contributed by atoms with Gasteiger partial charge in [-0.3, -0.25) is 0 Å². The van der Waals surface area contributed by atoms with Crippen molar-refractivity contribution in [2.24, 2.45) is 0 Å². The maximum atomic E-state index is 5.16. The predicted octanol–water partition coefficient (Wildman–Crippen LogP) is 5.73. The second-order valence-electron chi connectivity index (χ2n) is 7.61. The normalized spacial score (nSPS) is 14.4. The fourth-order valence-corrected chi connectivity index (χ4v) is 3.74. The number of nitrogens with zero attached hydrogens (tertiary/aromatic N) is 3. The standard InChI is InChI=1S/C24H27N3/c1-17-7-11-20(12-8-17)22-23(21-13-9-18(2)10-14-21)26-24(19(3)25-22)27-15-5-4-6-16-27/h7-14H,4-6,15-16H2,1-3H3. The third kappa shape index (κ3) is 3.73. The molecule has 3 heteroatoms. The van der Waals surface area contributed by atoms with Gasteiger partial charge in [0, 0.05) is 24.2 Å². The summed E-state index contributed by atoms with van der Waals surface area (Å²) >= 11 is 0. The lowest BCUT2D eigenvalue weighted by molar-refractivity contribution is 0.571. The maximum absolute atomic E-state index is 5.16. The van der Waals surface area contributed by atoms with Crippen molar-refractivity contribution in [3.63, 3.8) is 0 Å². The van der Waals surface area contributed by atoms with Gasteiger partial charge in [0.05, 0.1) is 17.1 Å². The Hall–Kier alpha value is -2.68. The van der Waals surface area contributed by atoms with Gasteiger partial charge in [0.15, 0.2) is 5.82 Å². The monoisotopic (exact) mass is 357 g/mol. The number of rotatable bonds is 3. The van der Waals surface area contributed by atoms with Gasteiger partial charge in [0.25, 0.3) is 0 Å². The number of anilines is 1. The minimum atomic E-state index is 0.970. The molecule has 1 aromatic heterocycles. The number of hydrogen-bond donors (Lipinski definition) is 0. The van der Waals surface area contributed by atoms with Crippen LogP contribution in [0.2, 0.25) is 0 Å². The zero-order valence-electron chi connectivity index (χ0n) is 16.5. The summed E-state index contributed by atoms with van der Waals surface area (Å²) in [5, 5.41) is 0. The van der Waals surface area contributed by atoms with Crippen LogP contribution in [0.15, 0.2) is 48.5 Å². The summed E-state index contributed by atoms with van der Waals surface area (Å²) in [5.41, 5.74) is 7.72. The number of hydrogen-bond acceptors (Lipinski definition) is 3. The van der Waals surface area contributed by atoms with Gasteiger partial charge in [0.1, 0.15) is 0 Å². The minimum Gasteiger partial charge on any atom is -0.355 e. The third-order valence-corrected chi connectivity index (χ3v) is 5.35. The fourth-order valence-electron chi connectivity index (χ4n) is 3.74. The van der Waals surface area contributed by atoms with Crippen molar-refractivity contribution in [3.8, 4) is 22.5 Å². The van der Waals surface area contributed by atoms with E-state index in [1.54, 1.807) is 0 Å². The molecule has 0 aliphatic carbocycles. The van der Waals surface area contributed by atoms with Gasteiger partial charge in [-0.25, -0.2) is 9.97 Å². The number of aryl methyl sites for hydroxylation is 3. The fraction of sp³-hybridized carbons (Fsp3) is 0.333. The van der Waals surface area contributed by atoms with Crippen molar-refractivity contribution in [2.75, 3.05) is 18.0 Å². The highest BCUT2D eigenvalue weighted by atomic mass is 15.2. The van der Waals surface area contributed by atoms with E-state index >= 15 is 0 Å². The molecule has 2 heterocycles. The van der Waals surface area contributed by atoms with Gasteiger partial charge in [-0.1, -0.05) is 59.7 Å². The quantitative estimate of drug-likeness (QED) is 0.600. The molecule has 3 nitrogen and oxygen atoms in total. The lowest BCUT2D eigenvalue weighted by Gasteiger charge is -2.29. The number of aromatic nitrogens is 2. The van der Waals surface area contributed by atoms with Crippen LogP contribution in [0, 0.1) is 20.8 Å². The molecule has 1 aliphatic rings. The van der Waals surface area contributed by atoms with Gasteiger partial charge in [-0.2, -0.15) is 0 Å². The molecule has 1 fully saturated rings. The summed E-state index contributed by atoms with van der Waals surface area (Å²) in [4.78, 5) is 12.6. The van der Waals surface area contributed by atoms with Crippen LogP contribution >= 0.6 is 0 Å². The first-order valence-corrected chi connectivity index (χ1v) is 9.89. The van der Waals surface area contributed by atoms with Crippen LogP contribution in [0.1, 0.15) is 36.1 Å². The van der Waals surface area contributed by atoms with E-state index in [1.807, 2.05) is 0 Å². The van der Waals surface area contributed by atoms with E-state index in [1.165, 1.54) is 30.4 Å². The highest BCUT2D eigenvalue weighted by Gasteiger charge is 2.20. The van der Waals surface area contributed by atoms with Crippen molar-refractivity contribution >= 4 is 5.82 Å². The van der Waals surface area contributed by atoms with Gasteiger partial charge in [0.2, 0.25) is 0 Å². The van der Waals surface area contributed by atoms with Crippen molar-refractivity contribution < 1.29 is 0 Å². The van der Waals surface area contributed by atoms with Crippen LogP contribution < -0.4 is 4.90 Å². The van der Waals surface area contributed by atoms with Crippen molar-refractivity contribution in [3.05, 3.63) is 65.4 Å². The molecule has 1 aliphatic heterocycles. The molecule has 4 rings (SSSR count). The molecule has 0 amide bonds. The van der Waals surface area contributed by atoms with E-state index < -0.39 is 0 Å². The smallest absolute Gasteiger partial charge is 0.150 e. The first-order chi connectivity index (χ1) is 13.1. The minimum absolute atomic E-state index is 0.970. The molecule has 0 atom stereocenters. The largest absolute Gasteiger partial charge is 0.355 e. The zero-order chi connectivity index (χ0) is 18.8. The third-order valence-electron chi connectivity index (χ3n) is 5.35. The Balaban J connectivity index is 1.87. The Labute approximate surface area is 162 Å². The molecule has 0 saturated carbocycles. The van der Waals surface area contributed by atoms with Crippen LogP contribution in [0.25, 0.3) is 22.5 Å². The van der Waals surface area contributed by atoms with E-state index in [0.29, 0.717) is 0 Å². The molecular weight excluding hydrogens is 330 g/mol. The highest BCUT2D eigenvalue weighted by Crippen LogP contribution is 2.33. The topological polar surface area (TPSA) is 29.0 Å². The Morgan fingerprint density at radius 3 is 1.63 bits per heavy atom. The molecule has 2 aromatic carbocycles. The molecule has 27 heavy (non-hydrogen) atoms. The second-order valence-corrected chi connectivity index (χ2v) is 7.61. The summed E-state index contributed by atoms with van der Waals surface area (Å²) in [6.07, 6.45) is 3.79. The van der Waals surface area contributed by atoms with Crippen molar-refractivity contribution in [1.29, 1.82) is 0 Å². The Bertz CT molecular complexity index is 921. The molecular formula is C24H27N3. The Morgan fingerprint density at radius 2 is 1.11 bits per heavy atom. The number of piperidine rings is 1. The predicted molar refractivity (Wildman–Crippen MR) is 113 cm³/mol. The summed E-state index contributed by atoms with van der Waals surface area (Å²) in [6.45, 7) is 8.47. The molecule has 0 N–H and O–H groups in total. The summed E-state index contributed by atoms with van der Waals surface area (Å²) in [6, 6.07) is 17.2. The van der Waals surface area contributed by atoms with Gasteiger partial charge >= 0.3 is 0 Å². The second kappa shape index (κ2) is 7.51. The number of benzene rings is 2. The molecule has 0 unspecified atom stereocenters. The van der Waals surface area contributed by atoms with Crippen LogP contribution in [0.4, 0.5) is 5.82 Å². The molecule has 0 bridgehead atoms. The van der Waals surface area contributed by atoms with E-state index in [-0.39, 0.29) is 0 Å². The Kier molecular flexibility index (Phi) is 4.93. The van der Waals surface area contributed by atoms with E-state index in [2.05, 4.69) is 74.2 Å². The van der Waals surface area contributed by atoms with Crippen LogP contribution in [-0.2, 0) is 0 Å². The van der Waals surface area contributed by atoms with Gasteiger partial charge in [-0.15, -0.1) is 0 Å². The van der Waals surface area contributed by atoms with E-state index in [4.69, 9.17) is 9.97 Å². The lowest BCUT2D eigenvalue weighted by Crippen LogP contribution is -2.31. The van der Waals surface area contributed by atoms with Crippen molar-refractivity contribution in [2.45, 2.75) is 40.0 Å². The zero-order valence-corrected chi connectivity index (χ0v) is 16.5. The average molecular weight is 358 g/mol. The SMILES string of the molecule is Cc1ccc(-c2nc(C)c(N3CCCCC3)nc2-c2ccc(C)cc2)cc1. The average Bonchev–Trinajstić information content (AvgIpc) is 2.70. The summed E-state index contributed by atoms with van der Waals surface area (Å²) in [5.74, 6) is 1.04. The molecule has 3 aromatic rings. The van der Waals surface area contributed by atoms with Gasteiger partial charge in [-0.05, 0) is 40.0 Å². The summed E-state index contributed by atoms with van der Waals surface area (Å²) < 4.78 is 0. The maximum Gasteiger partial charge on any atom is 0.150 e. The van der Waals surface area contributed by atoms with Crippen molar-refractivity contribution in [1.82, 2.24) is 9.97 Å². The summed E-state index contributed by atoms with van der Waals surface area (Å²) in [7, 11) is 0. The van der Waals surface area contributed by atoms with Crippen LogP contribution in [-0.4, -0.2) is 23.1 Å².